The zero-order valence-electron chi connectivity index (χ0n) is 14.1. The quantitative estimate of drug-likeness (QED) is 0.753. The minimum absolute atomic E-state index is 0.453. The highest BCUT2D eigenvalue weighted by molar-refractivity contribution is 4.94. The predicted octanol–water partition coefficient (Wildman–Crippen LogP) is 3.91. The van der Waals surface area contributed by atoms with Crippen molar-refractivity contribution in [3.8, 4) is 0 Å². The molecule has 2 heteroatoms. The van der Waals surface area contributed by atoms with E-state index in [1.165, 1.54) is 45.3 Å². The van der Waals surface area contributed by atoms with Crippen molar-refractivity contribution in [2.24, 2.45) is 11.3 Å². The van der Waals surface area contributed by atoms with Crippen molar-refractivity contribution in [1.29, 1.82) is 0 Å². The van der Waals surface area contributed by atoms with E-state index >= 15 is 0 Å². The molecule has 0 aromatic carbocycles. The first-order valence-electron chi connectivity index (χ1n) is 8.39. The maximum Gasteiger partial charge on any atom is 0.0159 e. The molecule has 0 aromatic rings. The fourth-order valence-electron chi connectivity index (χ4n) is 3.73. The second-order valence-corrected chi connectivity index (χ2v) is 7.25. The van der Waals surface area contributed by atoms with Gasteiger partial charge in [-0.1, -0.05) is 34.1 Å². The molecule has 0 heterocycles. The molecule has 19 heavy (non-hydrogen) atoms. The molecule has 0 aromatic heterocycles. The maximum atomic E-state index is 3.85. The lowest BCUT2D eigenvalue weighted by molar-refractivity contribution is 0.0713. The second-order valence-electron chi connectivity index (χ2n) is 7.25. The summed E-state index contributed by atoms with van der Waals surface area (Å²) in [5.74, 6) is 0.817. The van der Waals surface area contributed by atoms with Gasteiger partial charge in [-0.3, -0.25) is 0 Å². The molecule has 0 aliphatic heterocycles. The van der Waals surface area contributed by atoms with Gasteiger partial charge in [0.25, 0.3) is 0 Å². The Morgan fingerprint density at radius 2 is 1.95 bits per heavy atom. The summed E-state index contributed by atoms with van der Waals surface area (Å²) in [6.45, 7) is 17.7. The molecule has 0 radical (unpaired) electrons. The third kappa shape index (κ3) is 4.75. The second kappa shape index (κ2) is 7.64. The van der Waals surface area contributed by atoms with Gasteiger partial charge in [-0.05, 0) is 57.5 Å². The largest absolute Gasteiger partial charge is 0.313 e. The van der Waals surface area contributed by atoms with Gasteiger partial charge >= 0.3 is 0 Å². The fourth-order valence-corrected chi connectivity index (χ4v) is 3.73. The molecule has 0 spiro atoms. The van der Waals surface area contributed by atoms with Crippen LogP contribution in [0.15, 0.2) is 0 Å². The van der Waals surface area contributed by atoms with Crippen LogP contribution >= 0.6 is 0 Å². The summed E-state index contributed by atoms with van der Waals surface area (Å²) in [6, 6.07) is 1.36. The molecular weight excluding hydrogens is 232 g/mol. The van der Waals surface area contributed by atoms with Gasteiger partial charge in [-0.25, -0.2) is 0 Å². The van der Waals surface area contributed by atoms with E-state index in [2.05, 4.69) is 51.8 Å². The summed E-state index contributed by atoms with van der Waals surface area (Å²) in [7, 11) is 0. The van der Waals surface area contributed by atoms with Crippen LogP contribution in [-0.2, 0) is 0 Å². The van der Waals surface area contributed by atoms with Crippen molar-refractivity contribution in [1.82, 2.24) is 10.2 Å². The summed E-state index contributed by atoms with van der Waals surface area (Å²) < 4.78 is 0. The molecule has 2 nitrogen and oxygen atoms in total. The number of rotatable bonds is 7. The van der Waals surface area contributed by atoms with E-state index in [0.717, 1.165) is 5.92 Å². The van der Waals surface area contributed by atoms with Crippen LogP contribution in [0.5, 0.6) is 0 Å². The molecule has 1 N–H and O–H groups in total. The standard InChI is InChI=1S/C17H36N2/c1-7-12-18-16-15(10-9-11-17(16,5)6)13-19(8-2)14(3)4/h14-16,18H,7-13H2,1-6H3. The number of hydrogen-bond acceptors (Lipinski definition) is 2. The van der Waals surface area contributed by atoms with Gasteiger partial charge < -0.3 is 10.2 Å². The van der Waals surface area contributed by atoms with E-state index in [9.17, 15) is 0 Å². The van der Waals surface area contributed by atoms with Crippen molar-refractivity contribution in [2.45, 2.75) is 79.3 Å². The van der Waals surface area contributed by atoms with Gasteiger partial charge in [-0.2, -0.15) is 0 Å². The van der Waals surface area contributed by atoms with Gasteiger partial charge in [0, 0.05) is 18.6 Å². The van der Waals surface area contributed by atoms with Crippen LogP contribution in [0.3, 0.4) is 0 Å². The van der Waals surface area contributed by atoms with E-state index in [1.54, 1.807) is 0 Å². The third-order valence-electron chi connectivity index (χ3n) is 4.93. The SMILES string of the molecule is CCCNC1C(CN(CC)C(C)C)CCCC1(C)C. The highest BCUT2D eigenvalue weighted by Crippen LogP contribution is 2.39. The van der Waals surface area contributed by atoms with Crippen LogP contribution in [0.25, 0.3) is 0 Å². The average Bonchev–Trinajstić information content (AvgIpc) is 2.33. The highest BCUT2D eigenvalue weighted by atomic mass is 15.1. The molecule has 1 aliphatic carbocycles. The lowest BCUT2D eigenvalue weighted by Gasteiger charge is -2.46. The van der Waals surface area contributed by atoms with Gasteiger partial charge in [0.15, 0.2) is 0 Å². The Morgan fingerprint density at radius 3 is 2.47 bits per heavy atom. The Labute approximate surface area is 121 Å². The van der Waals surface area contributed by atoms with Gasteiger partial charge in [0.2, 0.25) is 0 Å². The topological polar surface area (TPSA) is 15.3 Å². The summed E-state index contributed by atoms with van der Waals surface area (Å²) in [6.07, 6.45) is 5.41. The molecule has 1 rings (SSSR count). The van der Waals surface area contributed by atoms with Crippen molar-refractivity contribution in [2.75, 3.05) is 19.6 Å². The van der Waals surface area contributed by atoms with Crippen LogP contribution < -0.4 is 5.32 Å². The van der Waals surface area contributed by atoms with Crippen molar-refractivity contribution < 1.29 is 0 Å². The number of nitrogens with one attached hydrogen (secondary N) is 1. The van der Waals surface area contributed by atoms with Crippen LogP contribution in [0.1, 0.15) is 67.2 Å². The van der Waals surface area contributed by atoms with E-state index < -0.39 is 0 Å². The molecule has 1 saturated carbocycles. The molecule has 1 aliphatic rings. The molecular formula is C17H36N2. The van der Waals surface area contributed by atoms with Crippen LogP contribution in [-0.4, -0.2) is 36.6 Å². The molecule has 1 fully saturated rings. The molecule has 0 amide bonds. The Hall–Kier alpha value is -0.0800. The van der Waals surface area contributed by atoms with Crippen molar-refractivity contribution in [3.63, 3.8) is 0 Å². The zero-order valence-corrected chi connectivity index (χ0v) is 14.1. The van der Waals surface area contributed by atoms with E-state index in [4.69, 9.17) is 0 Å². The predicted molar refractivity (Wildman–Crippen MR) is 85.6 cm³/mol. The number of nitrogens with zero attached hydrogens (tertiary/aromatic N) is 1. The van der Waals surface area contributed by atoms with Crippen LogP contribution in [0.2, 0.25) is 0 Å². The first-order chi connectivity index (χ1) is 8.92. The molecule has 0 bridgehead atoms. The van der Waals surface area contributed by atoms with Crippen LogP contribution in [0.4, 0.5) is 0 Å². The summed E-state index contributed by atoms with van der Waals surface area (Å²) in [5.41, 5.74) is 0.453. The van der Waals surface area contributed by atoms with E-state index in [1.807, 2.05) is 0 Å². The minimum Gasteiger partial charge on any atom is -0.313 e. The Morgan fingerprint density at radius 1 is 1.26 bits per heavy atom. The third-order valence-corrected chi connectivity index (χ3v) is 4.93. The normalized spacial score (nSPS) is 27.2. The van der Waals surface area contributed by atoms with Gasteiger partial charge in [-0.15, -0.1) is 0 Å². The van der Waals surface area contributed by atoms with Gasteiger partial charge in [0.1, 0.15) is 0 Å². The first kappa shape index (κ1) is 17.0. The zero-order chi connectivity index (χ0) is 14.5. The van der Waals surface area contributed by atoms with Crippen LogP contribution in [0, 0.1) is 11.3 Å². The Balaban J connectivity index is 2.71. The first-order valence-corrected chi connectivity index (χ1v) is 8.39. The molecule has 0 saturated heterocycles. The fraction of sp³-hybridized carbons (Fsp3) is 1.00. The monoisotopic (exact) mass is 268 g/mol. The molecule has 114 valence electrons. The lowest BCUT2D eigenvalue weighted by Crippen LogP contribution is -2.53. The highest BCUT2D eigenvalue weighted by Gasteiger charge is 2.39. The van der Waals surface area contributed by atoms with E-state index in [-0.39, 0.29) is 0 Å². The molecule has 2 unspecified atom stereocenters. The van der Waals surface area contributed by atoms with Crippen molar-refractivity contribution >= 4 is 0 Å². The number of hydrogen-bond donors (Lipinski definition) is 1. The summed E-state index contributed by atoms with van der Waals surface area (Å²) in [4.78, 5) is 2.63. The lowest BCUT2D eigenvalue weighted by atomic mass is 9.67. The van der Waals surface area contributed by atoms with Crippen molar-refractivity contribution in [3.05, 3.63) is 0 Å². The minimum atomic E-state index is 0.453. The average molecular weight is 268 g/mol. The Kier molecular flexibility index (Phi) is 6.82. The van der Waals surface area contributed by atoms with E-state index in [0.29, 0.717) is 17.5 Å². The molecule has 2 atom stereocenters. The maximum absolute atomic E-state index is 3.85. The smallest absolute Gasteiger partial charge is 0.0159 e. The Bertz CT molecular complexity index is 248. The summed E-state index contributed by atoms with van der Waals surface area (Å²) in [5, 5.41) is 3.85. The summed E-state index contributed by atoms with van der Waals surface area (Å²) >= 11 is 0. The van der Waals surface area contributed by atoms with Gasteiger partial charge in [0.05, 0.1) is 0 Å².